The van der Waals surface area contributed by atoms with Crippen LogP contribution in [-0.2, 0) is 0 Å². The number of benzene rings is 3. The van der Waals surface area contributed by atoms with E-state index in [2.05, 4.69) is 10.1 Å². The Kier molecular flexibility index (Phi) is 6.51. The zero-order valence-corrected chi connectivity index (χ0v) is 20.8. The molecule has 37 heavy (non-hydrogen) atoms. The van der Waals surface area contributed by atoms with E-state index in [-0.39, 0.29) is 11.4 Å². The van der Waals surface area contributed by atoms with Crippen LogP contribution in [0.25, 0.3) is 39.3 Å². The molecule has 0 aliphatic heterocycles. The molecule has 0 radical (unpaired) electrons. The van der Waals surface area contributed by atoms with Gasteiger partial charge in [-0.25, -0.2) is 0 Å². The van der Waals surface area contributed by atoms with Crippen LogP contribution in [0.5, 0.6) is 23.0 Å². The minimum absolute atomic E-state index is 0.192. The van der Waals surface area contributed by atoms with E-state index in [4.69, 9.17) is 23.5 Å². The minimum Gasteiger partial charge on any atom is -0.493 e. The van der Waals surface area contributed by atoms with Crippen molar-refractivity contribution in [3.63, 3.8) is 0 Å². The van der Waals surface area contributed by atoms with Crippen LogP contribution in [0.2, 0.25) is 0 Å². The van der Waals surface area contributed by atoms with Gasteiger partial charge in [0.1, 0.15) is 0 Å². The maximum absolute atomic E-state index is 13.4. The minimum atomic E-state index is -0.192. The summed E-state index contributed by atoms with van der Waals surface area (Å²) in [6.45, 7) is 2.43. The Labute approximate surface area is 212 Å². The molecule has 0 bridgehead atoms. The predicted octanol–water partition coefficient (Wildman–Crippen LogP) is 5.13. The van der Waals surface area contributed by atoms with Gasteiger partial charge in [-0.15, -0.1) is 0 Å². The van der Waals surface area contributed by atoms with Crippen molar-refractivity contribution in [2.45, 2.75) is 6.92 Å². The Hall–Kier alpha value is -4.79. The molecular weight excluding hydrogens is 474 g/mol. The van der Waals surface area contributed by atoms with E-state index in [1.165, 1.54) is 4.57 Å². The van der Waals surface area contributed by atoms with Crippen LogP contribution in [0.15, 0.2) is 76.2 Å². The van der Waals surface area contributed by atoms with E-state index in [1.54, 1.807) is 63.9 Å². The molecule has 5 aromatic rings. The molecule has 0 atom stereocenters. The highest BCUT2D eigenvalue weighted by molar-refractivity contribution is 5.94. The summed E-state index contributed by atoms with van der Waals surface area (Å²) < 4.78 is 29.0. The summed E-state index contributed by atoms with van der Waals surface area (Å²) in [6.07, 6.45) is 1.70. The van der Waals surface area contributed by atoms with Gasteiger partial charge >= 0.3 is 0 Å². The molecule has 9 heteroatoms. The molecule has 2 aromatic heterocycles. The normalized spacial score (nSPS) is 10.9. The summed E-state index contributed by atoms with van der Waals surface area (Å²) in [6, 6.07) is 18.0. The van der Waals surface area contributed by atoms with Gasteiger partial charge in [0.05, 0.1) is 39.2 Å². The lowest BCUT2D eigenvalue weighted by atomic mass is 10.1. The largest absolute Gasteiger partial charge is 0.493 e. The summed E-state index contributed by atoms with van der Waals surface area (Å²) in [7, 11) is 4.68. The lowest BCUT2D eigenvalue weighted by Crippen LogP contribution is -2.18. The SMILES string of the molecule is CCOc1ccc(-c2noc(-c3cn(-c4ccc(OC)c(OC)c4)c(=O)c4ccccc34)n2)cc1OC. The van der Waals surface area contributed by atoms with Gasteiger partial charge in [-0.2, -0.15) is 4.98 Å². The van der Waals surface area contributed by atoms with Crippen LogP contribution >= 0.6 is 0 Å². The van der Waals surface area contributed by atoms with Crippen molar-refractivity contribution in [2.75, 3.05) is 27.9 Å². The maximum atomic E-state index is 13.4. The summed E-state index contributed by atoms with van der Waals surface area (Å²) in [5.41, 5.74) is 1.72. The number of fused-ring (bicyclic) bond motifs is 1. The molecule has 0 amide bonds. The molecule has 0 aliphatic carbocycles. The second-order valence-electron chi connectivity index (χ2n) is 8.02. The molecule has 0 unspecified atom stereocenters. The number of rotatable bonds is 8. The lowest BCUT2D eigenvalue weighted by molar-refractivity contribution is 0.311. The first-order valence-electron chi connectivity index (χ1n) is 11.6. The standard InChI is InChI=1S/C28H25N3O6/c1-5-36-23-12-10-17(14-24(23)34-3)26-29-27(37-30-26)21-16-31(28(32)20-9-7-6-8-19(20)21)18-11-13-22(33-2)25(15-18)35-4/h6-16H,5H2,1-4H3. The van der Waals surface area contributed by atoms with E-state index in [0.717, 1.165) is 0 Å². The molecule has 0 saturated carbocycles. The van der Waals surface area contributed by atoms with Gasteiger partial charge < -0.3 is 23.5 Å². The molecule has 9 nitrogen and oxygen atoms in total. The third-order valence-electron chi connectivity index (χ3n) is 5.95. The molecule has 0 N–H and O–H groups in total. The quantitative estimate of drug-likeness (QED) is 0.290. The van der Waals surface area contributed by atoms with Crippen molar-refractivity contribution in [3.8, 4) is 51.5 Å². The molecule has 3 aromatic carbocycles. The molecule has 188 valence electrons. The first kappa shape index (κ1) is 23.9. The second kappa shape index (κ2) is 10.1. The summed E-state index contributed by atoms with van der Waals surface area (Å²) in [5.74, 6) is 2.92. The van der Waals surface area contributed by atoms with Crippen LogP contribution in [-0.4, -0.2) is 42.6 Å². The van der Waals surface area contributed by atoms with Gasteiger partial charge in [0.2, 0.25) is 5.82 Å². The number of pyridine rings is 1. The number of ether oxygens (including phenoxy) is 4. The first-order chi connectivity index (χ1) is 18.1. The average Bonchev–Trinajstić information content (AvgIpc) is 3.43. The highest BCUT2D eigenvalue weighted by Gasteiger charge is 2.19. The van der Waals surface area contributed by atoms with Gasteiger partial charge in [-0.1, -0.05) is 23.4 Å². The van der Waals surface area contributed by atoms with Crippen LogP contribution in [0.3, 0.4) is 0 Å². The third-order valence-corrected chi connectivity index (χ3v) is 5.95. The Morgan fingerprint density at radius 1 is 0.838 bits per heavy atom. The number of hydrogen-bond acceptors (Lipinski definition) is 8. The third kappa shape index (κ3) is 4.35. The molecule has 2 heterocycles. The van der Waals surface area contributed by atoms with Crippen molar-refractivity contribution in [1.82, 2.24) is 14.7 Å². The predicted molar refractivity (Wildman–Crippen MR) is 139 cm³/mol. The Balaban J connectivity index is 1.64. The van der Waals surface area contributed by atoms with Gasteiger partial charge in [0.25, 0.3) is 11.4 Å². The molecule has 0 aliphatic rings. The fourth-order valence-electron chi connectivity index (χ4n) is 4.16. The van der Waals surface area contributed by atoms with E-state index in [9.17, 15) is 4.79 Å². The Bertz CT molecular complexity index is 1640. The van der Waals surface area contributed by atoms with Crippen LogP contribution in [0.1, 0.15) is 6.92 Å². The molecule has 0 saturated heterocycles. The fourth-order valence-corrected chi connectivity index (χ4v) is 4.16. The maximum Gasteiger partial charge on any atom is 0.262 e. The molecule has 0 fully saturated rings. The monoisotopic (exact) mass is 499 g/mol. The first-order valence-corrected chi connectivity index (χ1v) is 11.6. The summed E-state index contributed by atoms with van der Waals surface area (Å²) in [5, 5.41) is 5.40. The highest BCUT2D eigenvalue weighted by Crippen LogP contribution is 2.34. The second-order valence-corrected chi connectivity index (χ2v) is 8.02. The van der Waals surface area contributed by atoms with Crippen LogP contribution in [0, 0.1) is 0 Å². The average molecular weight is 500 g/mol. The molecule has 5 rings (SSSR count). The van der Waals surface area contributed by atoms with E-state index in [0.29, 0.717) is 63.0 Å². The topological polar surface area (TPSA) is 97.8 Å². The van der Waals surface area contributed by atoms with Crippen molar-refractivity contribution in [1.29, 1.82) is 0 Å². The summed E-state index contributed by atoms with van der Waals surface area (Å²) >= 11 is 0. The number of aromatic nitrogens is 3. The molecule has 0 spiro atoms. The van der Waals surface area contributed by atoms with Gasteiger partial charge in [-0.05, 0) is 43.3 Å². The van der Waals surface area contributed by atoms with E-state index < -0.39 is 0 Å². The lowest BCUT2D eigenvalue weighted by Gasteiger charge is -2.13. The Morgan fingerprint density at radius 2 is 1.54 bits per heavy atom. The summed E-state index contributed by atoms with van der Waals surface area (Å²) in [4.78, 5) is 18.1. The Morgan fingerprint density at radius 3 is 2.27 bits per heavy atom. The fraction of sp³-hybridized carbons (Fsp3) is 0.179. The smallest absolute Gasteiger partial charge is 0.262 e. The number of hydrogen-bond donors (Lipinski definition) is 0. The van der Waals surface area contributed by atoms with Crippen molar-refractivity contribution in [3.05, 3.63) is 77.2 Å². The van der Waals surface area contributed by atoms with E-state index >= 15 is 0 Å². The van der Waals surface area contributed by atoms with Crippen LogP contribution < -0.4 is 24.5 Å². The van der Waals surface area contributed by atoms with Crippen molar-refractivity contribution < 1.29 is 23.5 Å². The van der Waals surface area contributed by atoms with Crippen molar-refractivity contribution >= 4 is 10.8 Å². The van der Waals surface area contributed by atoms with E-state index in [1.807, 2.05) is 31.2 Å². The van der Waals surface area contributed by atoms with Gasteiger partial charge in [0.15, 0.2) is 23.0 Å². The van der Waals surface area contributed by atoms with Crippen molar-refractivity contribution in [2.24, 2.45) is 0 Å². The zero-order chi connectivity index (χ0) is 25.9. The zero-order valence-electron chi connectivity index (χ0n) is 20.8. The highest BCUT2D eigenvalue weighted by atomic mass is 16.5. The van der Waals surface area contributed by atoms with Gasteiger partial charge in [0, 0.05) is 28.6 Å². The molecular formula is C28H25N3O6. The number of methoxy groups -OCH3 is 3. The van der Waals surface area contributed by atoms with Gasteiger partial charge in [-0.3, -0.25) is 9.36 Å². The number of nitrogens with zero attached hydrogens (tertiary/aromatic N) is 3. The van der Waals surface area contributed by atoms with Crippen LogP contribution in [0.4, 0.5) is 0 Å².